The molecule has 23 heavy (non-hydrogen) atoms. The molecule has 2 aromatic rings. The molecule has 1 amide bonds. The molecular formula is C19H22N2O2. The van der Waals surface area contributed by atoms with E-state index in [1.807, 2.05) is 44.2 Å². The van der Waals surface area contributed by atoms with Gasteiger partial charge in [0.1, 0.15) is 6.10 Å². The highest BCUT2D eigenvalue weighted by Gasteiger charge is 2.32. The number of nitrogens with one attached hydrogen (secondary N) is 1. The van der Waals surface area contributed by atoms with E-state index in [9.17, 15) is 9.90 Å². The van der Waals surface area contributed by atoms with Crippen molar-refractivity contribution in [2.45, 2.75) is 32.8 Å². The van der Waals surface area contributed by atoms with E-state index in [0.717, 1.165) is 29.7 Å². The van der Waals surface area contributed by atoms with Crippen molar-refractivity contribution < 1.29 is 9.90 Å². The van der Waals surface area contributed by atoms with E-state index in [0.29, 0.717) is 11.6 Å². The Bertz CT molecular complexity index is 696. The van der Waals surface area contributed by atoms with Crippen LogP contribution in [0.1, 0.15) is 42.7 Å². The topological polar surface area (TPSA) is 62.2 Å². The predicted octanol–water partition coefficient (Wildman–Crippen LogP) is 3.46. The molecule has 1 aliphatic rings. The number of amides is 1. The lowest BCUT2D eigenvalue weighted by Crippen LogP contribution is -2.22. The van der Waals surface area contributed by atoms with E-state index >= 15 is 0 Å². The summed E-state index contributed by atoms with van der Waals surface area (Å²) in [4.78, 5) is 16.5. The van der Waals surface area contributed by atoms with Gasteiger partial charge in [-0.1, -0.05) is 25.1 Å². The average Bonchev–Trinajstić information content (AvgIpc) is 3.41. The van der Waals surface area contributed by atoms with Crippen LogP contribution >= 0.6 is 0 Å². The van der Waals surface area contributed by atoms with E-state index in [1.54, 1.807) is 12.3 Å². The van der Waals surface area contributed by atoms with Gasteiger partial charge in [-0.3, -0.25) is 9.78 Å². The molecule has 2 N–H and O–H groups in total. The first-order valence-corrected chi connectivity index (χ1v) is 8.06. The number of benzene rings is 1. The van der Waals surface area contributed by atoms with Crippen LogP contribution in [0.25, 0.3) is 0 Å². The molecule has 0 radical (unpaired) electrons. The number of hydrogen-bond donors (Lipinski definition) is 2. The first kappa shape index (κ1) is 15.7. The third-order valence-electron chi connectivity index (χ3n) is 4.55. The van der Waals surface area contributed by atoms with Crippen LogP contribution in [0.5, 0.6) is 0 Å². The molecule has 1 aromatic carbocycles. The molecule has 0 bridgehead atoms. The summed E-state index contributed by atoms with van der Waals surface area (Å²) >= 11 is 0. The molecule has 2 atom stereocenters. The van der Waals surface area contributed by atoms with Gasteiger partial charge in [-0.15, -0.1) is 0 Å². The first-order valence-electron chi connectivity index (χ1n) is 8.06. The lowest BCUT2D eigenvalue weighted by atomic mass is 10.0. The van der Waals surface area contributed by atoms with E-state index in [-0.39, 0.29) is 11.8 Å². The van der Waals surface area contributed by atoms with Gasteiger partial charge in [0.25, 0.3) is 0 Å². The zero-order valence-electron chi connectivity index (χ0n) is 13.5. The van der Waals surface area contributed by atoms with Crippen LogP contribution in [0.4, 0.5) is 5.69 Å². The van der Waals surface area contributed by atoms with Gasteiger partial charge < -0.3 is 10.4 Å². The summed E-state index contributed by atoms with van der Waals surface area (Å²) in [6.07, 6.45) is 3.15. The molecule has 120 valence electrons. The Morgan fingerprint density at radius 2 is 2.09 bits per heavy atom. The second-order valence-electron chi connectivity index (χ2n) is 6.35. The molecule has 1 aliphatic carbocycles. The highest BCUT2D eigenvalue weighted by molar-refractivity contribution is 5.93. The van der Waals surface area contributed by atoms with Crippen LogP contribution in [0.15, 0.2) is 42.6 Å². The van der Waals surface area contributed by atoms with Crippen molar-refractivity contribution in [3.8, 4) is 0 Å². The molecule has 0 aliphatic heterocycles. The summed E-state index contributed by atoms with van der Waals surface area (Å²) < 4.78 is 0. The van der Waals surface area contributed by atoms with Crippen LogP contribution in [0.2, 0.25) is 0 Å². The van der Waals surface area contributed by atoms with Crippen LogP contribution in [0, 0.1) is 18.8 Å². The maximum atomic E-state index is 12.3. The fourth-order valence-corrected chi connectivity index (χ4v) is 2.71. The fraction of sp³-hybridized carbons (Fsp3) is 0.368. The Kier molecular flexibility index (Phi) is 4.44. The van der Waals surface area contributed by atoms with Crippen molar-refractivity contribution in [3.05, 3.63) is 59.4 Å². The molecule has 1 fully saturated rings. The highest BCUT2D eigenvalue weighted by Crippen LogP contribution is 2.37. The molecule has 3 rings (SSSR count). The van der Waals surface area contributed by atoms with Gasteiger partial charge in [0.15, 0.2) is 0 Å². The second-order valence-corrected chi connectivity index (χ2v) is 6.35. The SMILES string of the molecule is Cc1ccc([C@@H](O)c2ccccn2)cc1NC(=O)[C@@H](C)C1CC1. The maximum Gasteiger partial charge on any atom is 0.227 e. The quantitative estimate of drug-likeness (QED) is 0.889. The Labute approximate surface area is 136 Å². The molecule has 1 aromatic heterocycles. The summed E-state index contributed by atoms with van der Waals surface area (Å²) in [5.41, 5.74) is 3.07. The number of nitrogens with zero attached hydrogens (tertiary/aromatic N) is 1. The molecule has 4 heteroatoms. The van der Waals surface area contributed by atoms with Crippen molar-refractivity contribution in [3.63, 3.8) is 0 Å². The van der Waals surface area contributed by atoms with Gasteiger partial charge >= 0.3 is 0 Å². The van der Waals surface area contributed by atoms with E-state index < -0.39 is 6.10 Å². The predicted molar refractivity (Wildman–Crippen MR) is 90.0 cm³/mol. The summed E-state index contributed by atoms with van der Waals surface area (Å²) in [7, 11) is 0. The summed E-state index contributed by atoms with van der Waals surface area (Å²) in [6, 6.07) is 11.1. The standard InChI is InChI=1S/C19H22N2O2/c1-12-6-7-15(18(22)16-5-3-4-10-20-16)11-17(12)21-19(23)13(2)14-8-9-14/h3-7,10-11,13-14,18,22H,8-9H2,1-2H3,(H,21,23)/t13-,18+/m0/s1. The van der Waals surface area contributed by atoms with E-state index in [1.165, 1.54) is 0 Å². The van der Waals surface area contributed by atoms with Gasteiger partial charge in [-0.2, -0.15) is 0 Å². The summed E-state index contributed by atoms with van der Waals surface area (Å²) in [5.74, 6) is 0.622. The lowest BCUT2D eigenvalue weighted by Gasteiger charge is -2.16. The molecular weight excluding hydrogens is 288 g/mol. The van der Waals surface area contributed by atoms with Gasteiger partial charge in [0.05, 0.1) is 5.69 Å². The Hall–Kier alpha value is -2.20. The molecule has 1 heterocycles. The van der Waals surface area contributed by atoms with Crippen molar-refractivity contribution in [1.29, 1.82) is 0 Å². The number of aromatic nitrogens is 1. The Morgan fingerprint density at radius 1 is 1.30 bits per heavy atom. The zero-order valence-corrected chi connectivity index (χ0v) is 13.5. The minimum absolute atomic E-state index is 0.0405. The van der Waals surface area contributed by atoms with Crippen LogP contribution in [0.3, 0.4) is 0 Å². The average molecular weight is 310 g/mol. The van der Waals surface area contributed by atoms with E-state index in [2.05, 4.69) is 10.3 Å². The lowest BCUT2D eigenvalue weighted by molar-refractivity contribution is -0.119. The number of carbonyl (C=O) groups excluding carboxylic acids is 1. The number of hydrogen-bond acceptors (Lipinski definition) is 3. The van der Waals surface area contributed by atoms with Crippen LogP contribution in [-0.4, -0.2) is 16.0 Å². The number of aliphatic hydroxyl groups is 1. The normalized spacial score (nSPS) is 16.7. The number of anilines is 1. The fourth-order valence-electron chi connectivity index (χ4n) is 2.71. The third-order valence-corrected chi connectivity index (χ3v) is 4.55. The van der Waals surface area contributed by atoms with E-state index in [4.69, 9.17) is 0 Å². The molecule has 4 nitrogen and oxygen atoms in total. The minimum Gasteiger partial charge on any atom is -0.382 e. The first-order chi connectivity index (χ1) is 11.1. The number of rotatable bonds is 5. The Balaban J connectivity index is 1.80. The smallest absolute Gasteiger partial charge is 0.227 e. The van der Waals surface area contributed by atoms with Gasteiger partial charge in [0.2, 0.25) is 5.91 Å². The van der Waals surface area contributed by atoms with Gasteiger partial charge in [0, 0.05) is 17.8 Å². The molecule has 0 spiro atoms. The molecule has 0 unspecified atom stereocenters. The largest absolute Gasteiger partial charge is 0.382 e. The molecule has 1 saturated carbocycles. The van der Waals surface area contributed by atoms with Crippen LogP contribution in [-0.2, 0) is 4.79 Å². The summed E-state index contributed by atoms with van der Waals surface area (Å²) in [6.45, 7) is 3.93. The van der Waals surface area contributed by atoms with Crippen molar-refractivity contribution in [2.24, 2.45) is 11.8 Å². The van der Waals surface area contributed by atoms with Gasteiger partial charge in [-0.25, -0.2) is 0 Å². The number of aryl methyl sites for hydroxylation is 1. The number of aliphatic hydroxyl groups excluding tert-OH is 1. The maximum absolute atomic E-state index is 12.3. The molecule has 0 saturated heterocycles. The van der Waals surface area contributed by atoms with Crippen molar-refractivity contribution in [2.75, 3.05) is 5.32 Å². The number of carbonyl (C=O) groups is 1. The number of pyridine rings is 1. The highest BCUT2D eigenvalue weighted by atomic mass is 16.3. The second kappa shape index (κ2) is 6.50. The minimum atomic E-state index is -0.798. The third kappa shape index (κ3) is 3.59. The monoisotopic (exact) mass is 310 g/mol. The zero-order chi connectivity index (χ0) is 16.4. The van der Waals surface area contributed by atoms with Crippen molar-refractivity contribution >= 4 is 11.6 Å². The van der Waals surface area contributed by atoms with Gasteiger partial charge in [-0.05, 0) is 55.0 Å². The summed E-state index contributed by atoms with van der Waals surface area (Å²) in [5, 5.41) is 13.5. The Morgan fingerprint density at radius 3 is 2.74 bits per heavy atom. The van der Waals surface area contributed by atoms with Crippen molar-refractivity contribution in [1.82, 2.24) is 4.98 Å². The van der Waals surface area contributed by atoms with Crippen LogP contribution < -0.4 is 5.32 Å².